The molecule has 28 heavy (non-hydrogen) atoms. The molecule has 0 spiro atoms. The Labute approximate surface area is 169 Å². The Balaban J connectivity index is 1.13. The maximum Gasteiger partial charge on any atom is 0.147 e. The van der Waals surface area contributed by atoms with Crippen LogP contribution in [0.3, 0.4) is 0 Å². The number of unbranched alkanes of at least 4 members (excludes halogenated alkanes) is 1. The van der Waals surface area contributed by atoms with Crippen LogP contribution < -0.4 is 5.32 Å². The molecule has 4 nitrogen and oxygen atoms in total. The highest BCUT2D eigenvalue weighted by Gasteiger charge is 2.22. The standard InChI is InChI=1S/C23H25N3OS/c1-16-8-9-20-19(14-16)17-10-13-26(15-21(17)27-20)12-5-4-11-24-23-18-6-2-3-7-22(18)28-25-23/h2-3,6-9,14H,4-5,10-13,15H2,1H3,(H,24,25). The van der Waals surface area contributed by atoms with Gasteiger partial charge in [0.1, 0.15) is 17.2 Å². The van der Waals surface area contributed by atoms with Gasteiger partial charge in [0.05, 0.1) is 11.2 Å². The van der Waals surface area contributed by atoms with Crippen molar-refractivity contribution in [3.8, 4) is 0 Å². The van der Waals surface area contributed by atoms with Crippen molar-refractivity contribution in [2.24, 2.45) is 0 Å². The molecule has 4 aromatic rings. The normalized spacial score (nSPS) is 14.6. The van der Waals surface area contributed by atoms with Gasteiger partial charge < -0.3 is 9.73 Å². The zero-order chi connectivity index (χ0) is 18.9. The van der Waals surface area contributed by atoms with Crippen molar-refractivity contribution in [3.63, 3.8) is 0 Å². The number of benzene rings is 2. The maximum absolute atomic E-state index is 6.13. The first-order chi connectivity index (χ1) is 13.8. The highest BCUT2D eigenvalue weighted by Crippen LogP contribution is 2.31. The molecule has 5 rings (SSSR count). The second-order valence-corrected chi connectivity index (χ2v) is 8.50. The van der Waals surface area contributed by atoms with Gasteiger partial charge in [-0.15, -0.1) is 0 Å². The number of nitrogens with zero attached hydrogens (tertiary/aromatic N) is 2. The maximum atomic E-state index is 6.13. The van der Waals surface area contributed by atoms with Crippen molar-refractivity contribution >= 4 is 38.4 Å². The minimum Gasteiger partial charge on any atom is -0.459 e. The lowest BCUT2D eigenvalue weighted by atomic mass is 10.0. The van der Waals surface area contributed by atoms with Gasteiger partial charge in [0.15, 0.2) is 0 Å². The number of fused-ring (bicyclic) bond motifs is 4. The minimum absolute atomic E-state index is 0.938. The molecule has 2 aromatic carbocycles. The van der Waals surface area contributed by atoms with Gasteiger partial charge >= 0.3 is 0 Å². The van der Waals surface area contributed by atoms with Crippen LogP contribution >= 0.6 is 11.5 Å². The largest absolute Gasteiger partial charge is 0.459 e. The predicted octanol–water partition coefficient (Wildman–Crippen LogP) is 5.60. The fourth-order valence-corrected chi connectivity index (χ4v) is 4.89. The summed E-state index contributed by atoms with van der Waals surface area (Å²) in [7, 11) is 0. The molecule has 1 aliphatic rings. The van der Waals surface area contributed by atoms with Gasteiger partial charge in [0.2, 0.25) is 0 Å². The Morgan fingerprint density at radius 1 is 1.14 bits per heavy atom. The second-order valence-electron chi connectivity index (χ2n) is 7.69. The van der Waals surface area contributed by atoms with Gasteiger partial charge in [-0.1, -0.05) is 23.8 Å². The summed E-state index contributed by atoms with van der Waals surface area (Å²) in [5.41, 5.74) is 3.77. The van der Waals surface area contributed by atoms with Crippen LogP contribution in [0.2, 0.25) is 0 Å². The molecule has 0 saturated heterocycles. The van der Waals surface area contributed by atoms with Crippen LogP contribution in [0.15, 0.2) is 46.9 Å². The Kier molecular flexibility index (Phi) is 4.79. The van der Waals surface area contributed by atoms with Crippen molar-refractivity contribution < 1.29 is 4.42 Å². The Hall–Kier alpha value is -2.37. The van der Waals surface area contributed by atoms with Crippen LogP contribution in [0.4, 0.5) is 5.82 Å². The molecule has 144 valence electrons. The number of rotatable bonds is 6. The van der Waals surface area contributed by atoms with Gasteiger partial charge in [0, 0.05) is 29.4 Å². The monoisotopic (exact) mass is 391 g/mol. The smallest absolute Gasteiger partial charge is 0.147 e. The van der Waals surface area contributed by atoms with Crippen molar-refractivity contribution in [3.05, 3.63) is 59.4 Å². The molecule has 0 unspecified atom stereocenters. The first-order valence-electron chi connectivity index (χ1n) is 10.1. The third-order valence-corrected chi connectivity index (χ3v) is 6.47. The van der Waals surface area contributed by atoms with E-state index in [1.54, 1.807) is 11.5 Å². The summed E-state index contributed by atoms with van der Waals surface area (Å²) < 4.78 is 11.9. The molecule has 5 heteroatoms. The number of hydrogen-bond donors (Lipinski definition) is 1. The highest BCUT2D eigenvalue weighted by molar-refractivity contribution is 7.13. The van der Waals surface area contributed by atoms with Gasteiger partial charge in [-0.05, 0) is 68.5 Å². The third kappa shape index (κ3) is 3.40. The Morgan fingerprint density at radius 3 is 3.04 bits per heavy atom. The zero-order valence-electron chi connectivity index (χ0n) is 16.2. The number of aryl methyl sites for hydroxylation is 1. The van der Waals surface area contributed by atoms with E-state index in [2.05, 4.69) is 64.0 Å². The molecule has 0 atom stereocenters. The minimum atomic E-state index is 0.938. The number of nitrogens with one attached hydrogen (secondary N) is 1. The van der Waals surface area contributed by atoms with Crippen molar-refractivity contribution in [2.45, 2.75) is 32.7 Å². The molecule has 0 bridgehead atoms. The molecular formula is C23H25N3OS. The molecule has 0 radical (unpaired) electrons. The van der Waals surface area contributed by atoms with E-state index in [1.807, 2.05) is 0 Å². The Bertz CT molecular complexity index is 1110. The van der Waals surface area contributed by atoms with E-state index >= 15 is 0 Å². The first-order valence-corrected chi connectivity index (χ1v) is 10.9. The van der Waals surface area contributed by atoms with Crippen LogP contribution in [0.5, 0.6) is 0 Å². The summed E-state index contributed by atoms with van der Waals surface area (Å²) >= 11 is 1.57. The Morgan fingerprint density at radius 2 is 2.07 bits per heavy atom. The van der Waals surface area contributed by atoms with E-state index in [1.165, 1.54) is 38.8 Å². The number of aromatic nitrogens is 1. The van der Waals surface area contributed by atoms with Gasteiger partial charge in [-0.2, -0.15) is 4.37 Å². The van der Waals surface area contributed by atoms with E-state index < -0.39 is 0 Å². The van der Waals surface area contributed by atoms with Crippen LogP contribution in [0, 0.1) is 6.92 Å². The van der Waals surface area contributed by atoms with Crippen LogP contribution in [0.1, 0.15) is 29.7 Å². The molecule has 3 heterocycles. The summed E-state index contributed by atoms with van der Waals surface area (Å²) in [6, 6.07) is 14.9. The van der Waals surface area contributed by atoms with Crippen LogP contribution in [0.25, 0.3) is 21.1 Å². The van der Waals surface area contributed by atoms with Crippen molar-refractivity contribution in [1.82, 2.24) is 9.27 Å². The van der Waals surface area contributed by atoms with Crippen LogP contribution in [-0.2, 0) is 13.0 Å². The lowest BCUT2D eigenvalue weighted by Gasteiger charge is -2.25. The highest BCUT2D eigenvalue weighted by atomic mass is 32.1. The lowest BCUT2D eigenvalue weighted by Crippen LogP contribution is -2.31. The SMILES string of the molecule is Cc1ccc2oc3c(c2c1)CCN(CCCCNc1nsc2ccccc12)C3. The second kappa shape index (κ2) is 7.57. The summed E-state index contributed by atoms with van der Waals surface area (Å²) in [5, 5.41) is 6.05. The van der Waals surface area contributed by atoms with E-state index in [0.29, 0.717) is 0 Å². The molecule has 0 fully saturated rings. The van der Waals surface area contributed by atoms with E-state index in [0.717, 1.165) is 50.4 Å². The van der Waals surface area contributed by atoms with E-state index in [-0.39, 0.29) is 0 Å². The van der Waals surface area contributed by atoms with Crippen molar-refractivity contribution in [2.75, 3.05) is 25.0 Å². The molecular weight excluding hydrogens is 366 g/mol. The average molecular weight is 392 g/mol. The van der Waals surface area contributed by atoms with E-state index in [4.69, 9.17) is 4.42 Å². The average Bonchev–Trinajstić information content (AvgIpc) is 3.28. The summed E-state index contributed by atoms with van der Waals surface area (Å²) in [6.07, 6.45) is 3.42. The summed E-state index contributed by atoms with van der Waals surface area (Å²) in [4.78, 5) is 2.52. The molecule has 0 saturated carbocycles. The number of furan rings is 1. The third-order valence-electron chi connectivity index (χ3n) is 5.65. The van der Waals surface area contributed by atoms with Crippen molar-refractivity contribution in [1.29, 1.82) is 0 Å². The first kappa shape index (κ1) is 17.7. The summed E-state index contributed by atoms with van der Waals surface area (Å²) in [5.74, 6) is 2.19. The molecule has 1 aliphatic heterocycles. The van der Waals surface area contributed by atoms with Gasteiger partial charge in [-0.25, -0.2) is 0 Å². The summed E-state index contributed by atoms with van der Waals surface area (Å²) in [6.45, 7) is 6.30. The number of hydrogen-bond acceptors (Lipinski definition) is 5. The fraction of sp³-hybridized carbons (Fsp3) is 0.348. The molecule has 0 amide bonds. The van der Waals surface area contributed by atoms with E-state index in [9.17, 15) is 0 Å². The van der Waals surface area contributed by atoms with Gasteiger partial charge in [0.25, 0.3) is 0 Å². The quantitative estimate of drug-likeness (QED) is 0.434. The molecule has 2 aromatic heterocycles. The lowest BCUT2D eigenvalue weighted by molar-refractivity contribution is 0.228. The molecule has 0 aliphatic carbocycles. The van der Waals surface area contributed by atoms with Crippen LogP contribution in [-0.4, -0.2) is 28.9 Å². The van der Waals surface area contributed by atoms with Gasteiger partial charge in [-0.3, -0.25) is 4.90 Å². The number of anilines is 1. The molecule has 1 N–H and O–H groups in total. The topological polar surface area (TPSA) is 41.3 Å². The zero-order valence-corrected chi connectivity index (χ0v) is 17.0. The fourth-order valence-electron chi connectivity index (χ4n) is 4.14. The predicted molar refractivity (Wildman–Crippen MR) is 117 cm³/mol.